The Morgan fingerprint density at radius 1 is 1.35 bits per heavy atom. The molecule has 2 rings (SSSR count). The second kappa shape index (κ2) is 5.73. The van der Waals surface area contributed by atoms with Crippen molar-refractivity contribution in [3.63, 3.8) is 0 Å². The summed E-state index contributed by atoms with van der Waals surface area (Å²) < 4.78 is 0.701. The van der Waals surface area contributed by atoms with E-state index in [1.54, 1.807) is 24.3 Å². The van der Waals surface area contributed by atoms with Crippen LogP contribution in [0.2, 0.25) is 5.02 Å². The summed E-state index contributed by atoms with van der Waals surface area (Å²) >= 11 is 9.20. The summed E-state index contributed by atoms with van der Waals surface area (Å²) in [6.07, 6.45) is 0. The minimum atomic E-state index is -0.423. The van der Waals surface area contributed by atoms with Gasteiger partial charge in [-0.05, 0) is 42.8 Å². The fourth-order valence-electron chi connectivity index (χ4n) is 1.72. The number of hydrogen-bond acceptors (Lipinski definition) is 3. The molecule has 0 spiro atoms. The fraction of sp³-hybridized carbons (Fsp3) is 0.0714. The number of halogens is 2. The van der Waals surface area contributed by atoms with Gasteiger partial charge in [-0.3, -0.25) is 4.79 Å². The van der Waals surface area contributed by atoms with Crippen molar-refractivity contribution in [2.75, 3.05) is 11.1 Å². The third kappa shape index (κ3) is 3.05. The van der Waals surface area contributed by atoms with Gasteiger partial charge in [0.05, 0.1) is 16.3 Å². The van der Waals surface area contributed by atoms with Crippen molar-refractivity contribution >= 4 is 44.8 Å². The number of phenolic OH excluding ortho intramolecular Hbond substituents is 1. The summed E-state index contributed by atoms with van der Waals surface area (Å²) in [4.78, 5) is 12.2. The summed E-state index contributed by atoms with van der Waals surface area (Å²) in [6.45, 7) is 1.81. The number of carbonyl (C=O) groups is 1. The maximum Gasteiger partial charge on any atom is 0.259 e. The van der Waals surface area contributed by atoms with Crippen molar-refractivity contribution in [1.82, 2.24) is 0 Å². The van der Waals surface area contributed by atoms with Gasteiger partial charge in [-0.25, -0.2) is 0 Å². The first-order valence-electron chi connectivity index (χ1n) is 5.74. The Labute approximate surface area is 129 Å². The second-order valence-electron chi connectivity index (χ2n) is 4.30. The molecule has 2 aromatic rings. The number of rotatable bonds is 2. The van der Waals surface area contributed by atoms with E-state index in [9.17, 15) is 9.90 Å². The first kappa shape index (κ1) is 14.7. The molecule has 0 aliphatic carbocycles. The number of nitrogens with two attached hydrogens (primary N) is 1. The first-order chi connectivity index (χ1) is 9.38. The van der Waals surface area contributed by atoms with Gasteiger partial charge in [0, 0.05) is 10.2 Å². The number of amides is 1. The summed E-state index contributed by atoms with van der Waals surface area (Å²) in [6, 6.07) is 7.90. The highest BCUT2D eigenvalue weighted by Crippen LogP contribution is 2.28. The fourth-order valence-corrected chi connectivity index (χ4v) is 2.24. The van der Waals surface area contributed by atoms with E-state index in [2.05, 4.69) is 21.2 Å². The van der Waals surface area contributed by atoms with Crippen LogP contribution in [-0.4, -0.2) is 11.0 Å². The highest BCUT2D eigenvalue weighted by molar-refractivity contribution is 9.10. The van der Waals surface area contributed by atoms with Crippen LogP contribution in [0.1, 0.15) is 15.9 Å². The predicted octanol–water partition coefficient (Wildman–Crippen LogP) is 3.95. The Morgan fingerprint density at radius 2 is 2.05 bits per heavy atom. The third-order valence-electron chi connectivity index (χ3n) is 2.80. The molecule has 0 aliphatic rings. The highest BCUT2D eigenvalue weighted by atomic mass is 79.9. The van der Waals surface area contributed by atoms with Crippen molar-refractivity contribution in [3.8, 4) is 5.75 Å². The Hall–Kier alpha value is -1.72. The molecule has 0 radical (unpaired) electrons. The van der Waals surface area contributed by atoms with Crippen LogP contribution in [0.5, 0.6) is 5.75 Å². The van der Waals surface area contributed by atoms with E-state index in [1.165, 1.54) is 6.07 Å². The summed E-state index contributed by atoms with van der Waals surface area (Å²) in [5.74, 6) is -0.516. The van der Waals surface area contributed by atoms with Crippen molar-refractivity contribution in [3.05, 3.63) is 51.0 Å². The molecule has 1 amide bonds. The van der Waals surface area contributed by atoms with Crippen molar-refractivity contribution in [1.29, 1.82) is 0 Å². The molecule has 0 unspecified atom stereocenters. The van der Waals surface area contributed by atoms with Crippen LogP contribution in [-0.2, 0) is 0 Å². The lowest BCUT2D eigenvalue weighted by Crippen LogP contribution is -2.13. The molecule has 4 N–H and O–H groups in total. The Kier molecular flexibility index (Phi) is 4.20. The van der Waals surface area contributed by atoms with Gasteiger partial charge < -0.3 is 16.2 Å². The number of nitrogen functional groups attached to an aromatic ring is 1. The van der Waals surface area contributed by atoms with E-state index in [0.29, 0.717) is 20.9 Å². The van der Waals surface area contributed by atoms with Gasteiger partial charge in [-0.1, -0.05) is 27.5 Å². The van der Waals surface area contributed by atoms with E-state index in [0.717, 1.165) is 5.56 Å². The normalized spacial score (nSPS) is 10.3. The summed E-state index contributed by atoms with van der Waals surface area (Å²) in [7, 11) is 0. The molecule has 0 saturated heterocycles. The van der Waals surface area contributed by atoms with E-state index in [4.69, 9.17) is 17.3 Å². The summed E-state index contributed by atoms with van der Waals surface area (Å²) in [5.41, 5.74) is 7.65. The number of carbonyl (C=O) groups excluding carboxylic acids is 1. The van der Waals surface area contributed by atoms with Crippen molar-refractivity contribution in [2.24, 2.45) is 0 Å². The van der Waals surface area contributed by atoms with Crippen LogP contribution in [0.4, 0.5) is 11.4 Å². The molecular weight excluding hydrogens is 344 g/mol. The number of phenols is 1. The second-order valence-corrected chi connectivity index (χ2v) is 5.63. The van der Waals surface area contributed by atoms with Crippen LogP contribution in [0.3, 0.4) is 0 Å². The van der Waals surface area contributed by atoms with Crippen LogP contribution in [0.25, 0.3) is 0 Å². The van der Waals surface area contributed by atoms with Gasteiger partial charge in [-0.2, -0.15) is 0 Å². The van der Waals surface area contributed by atoms with Gasteiger partial charge in [0.25, 0.3) is 5.91 Å². The number of anilines is 2. The molecule has 20 heavy (non-hydrogen) atoms. The molecule has 0 heterocycles. The number of benzene rings is 2. The van der Waals surface area contributed by atoms with E-state index >= 15 is 0 Å². The lowest BCUT2D eigenvalue weighted by molar-refractivity contribution is 0.102. The average Bonchev–Trinajstić information content (AvgIpc) is 2.38. The summed E-state index contributed by atoms with van der Waals surface area (Å²) in [5, 5.41) is 12.8. The Balaban J connectivity index is 2.32. The molecule has 0 atom stereocenters. The van der Waals surface area contributed by atoms with Crippen LogP contribution in [0, 0.1) is 6.92 Å². The number of aryl methyl sites for hydroxylation is 1. The van der Waals surface area contributed by atoms with Gasteiger partial charge in [0.15, 0.2) is 0 Å². The molecule has 6 heteroatoms. The van der Waals surface area contributed by atoms with Gasteiger partial charge in [-0.15, -0.1) is 0 Å². The van der Waals surface area contributed by atoms with Crippen LogP contribution >= 0.6 is 27.5 Å². The molecule has 4 nitrogen and oxygen atoms in total. The minimum absolute atomic E-state index is 0.0927. The lowest BCUT2D eigenvalue weighted by Gasteiger charge is -2.11. The quantitative estimate of drug-likeness (QED) is 0.714. The van der Waals surface area contributed by atoms with E-state index < -0.39 is 5.91 Å². The molecular formula is C14H12BrClN2O2. The molecule has 2 aromatic carbocycles. The average molecular weight is 356 g/mol. The van der Waals surface area contributed by atoms with E-state index in [1.807, 2.05) is 6.92 Å². The zero-order valence-corrected chi connectivity index (χ0v) is 12.9. The van der Waals surface area contributed by atoms with Crippen LogP contribution < -0.4 is 11.1 Å². The lowest BCUT2D eigenvalue weighted by atomic mass is 10.1. The smallest absolute Gasteiger partial charge is 0.259 e. The number of aromatic hydroxyl groups is 1. The van der Waals surface area contributed by atoms with E-state index in [-0.39, 0.29) is 11.3 Å². The molecule has 0 aliphatic heterocycles. The predicted molar refractivity (Wildman–Crippen MR) is 84.4 cm³/mol. The maximum absolute atomic E-state index is 12.2. The van der Waals surface area contributed by atoms with Gasteiger partial charge >= 0.3 is 0 Å². The first-order valence-corrected chi connectivity index (χ1v) is 6.91. The van der Waals surface area contributed by atoms with Crippen molar-refractivity contribution in [2.45, 2.75) is 6.92 Å². The SMILES string of the molecule is Cc1cc(N)c(Cl)cc1NC(=O)c1cc(Br)ccc1O. The third-order valence-corrected chi connectivity index (χ3v) is 3.62. The minimum Gasteiger partial charge on any atom is -0.507 e. The van der Waals surface area contributed by atoms with Gasteiger partial charge in [0.1, 0.15) is 5.75 Å². The maximum atomic E-state index is 12.2. The zero-order valence-electron chi connectivity index (χ0n) is 10.6. The van der Waals surface area contributed by atoms with Crippen molar-refractivity contribution < 1.29 is 9.90 Å². The Morgan fingerprint density at radius 3 is 2.75 bits per heavy atom. The molecule has 0 fully saturated rings. The molecule has 104 valence electrons. The standard InChI is InChI=1S/C14H12BrClN2O2/c1-7-4-11(17)10(16)6-12(7)18-14(20)9-5-8(15)2-3-13(9)19/h2-6,19H,17H2,1H3,(H,18,20). The topological polar surface area (TPSA) is 75.3 Å². The number of hydrogen-bond donors (Lipinski definition) is 3. The molecule has 0 bridgehead atoms. The van der Waals surface area contributed by atoms with Gasteiger partial charge in [0.2, 0.25) is 0 Å². The highest BCUT2D eigenvalue weighted by Gasteiger charge is 2.13. The van der Waals surface area contributed by atoms with Crippen LogP contribution in [0.15, 0.2) is 34.8 Å². The molecule has 0 saturated carbocycles. The molecule has 0 aromatic heterocycles. The monoisotopic (exact) mass is 354 g/mol. The number of nitrogens with one attached hydrogen (secondary N) is 1. The Bertz CT molecular complexity index is 689. The largest absolute Gasteiger partial charge is 0.507 e. The zero-order chi connectivity index (χ0) is 14.9.